The van der Waals surface area contributed by atoms with Gasteiger partial charge in [0.15, 0.2) is 5.65 Å². The van der Waals surface area contributed by atoms with E-state index in [9.17, 15) is 18.0 Å². The molecule has 11 heteroatoms. The molecule has 5 rings (SSSR count). The van der Waals surface area contributed by atoms with Crippen LogP contribution in [0.2, 0.25) is 0 Å². The molecule has 1 amide bonds. The molecule has 1 saturated heterocycles. The summed E-state index contributed by atoms with van der Waals surface area (Å²) < 4.78 is 46.2. The average molecular weight is 482 g/mol. The number of ether oxygens (including phenoxy) is 1. The Hall–Kier alpha value is -4.15. The van der Waals surface area contributed by atoms with Gasteiger partial charge in [-0.15, -0.1) is 0 Å². The van der Waals surface area contributed by atoms with Gasteiger partial charge < -0.3 is 15.0 Å². The lowest BCUT2D eigenvalue weighted by molar-refractivity contribution is -0.137. The summed E-state index contributed by atoms with van der Waals surface area (Å²) in [6, 6.07) is 7.69. The van der Waals surface area contributed by atoms with Crippen LogP contribution >= 0.6 is 0 Å². The minimum absolute atomic E-state index is 0.0326. The van der Waals surface area contributed by atoms with Gasteiger partial charge in [-0.1, -0.05) is 0 Å². The van der Waals surface area contributed by atoms with E-state index in [0.29, 0.717) is 24.1 Å². The highest BCUT2D eigenvalue weighted by molar-refractivity contribution is 6.04. The van der Waals surface area contributed by atoms with Gasteiger partial charge in [0.2, 0.25) is 0 Å². The number of carbonyl (C=O) groups is 1. The highest BCUT2D eigenvalue weighted by Crippen LogP contribution is 2.37. The lowest BCUT2D eigenvalue weighted by atomic mass is 9.95. The molecule has 180 valence electrons. The topological polar surface area (TPSA) is 84.6 Å². The summed E-state index contributed by atoms with van der Waals surface area (Å²) in [5.74, 6) is 0.190. The fourth-order valence-electron chi connectivity index (χ4n) is 4.33. The van der Waals surface area contributed by atoms with E-state index in [1.165, 1.54) is 6.20 Å². The Kier molecular flexibility index (Phi) is 5.75. The van der Waals surface area contributed by atoms with Crippen molar-refractivity contribution in [2.75, 3.05) is 30.4 Å². The van der Waals surface area contributed by atoms with Crippen LogP contribution in [0.3, 0.4) is 0 Å². The van der Waals surface area contributed by atoms with Gasteiger partial charge in [-0.2, -0.15) is 18.3 Å². The van der Waals surface area contributed by atoms with Crippen molar-refractivity contribution in [1.82, 2.24) is 19.6 Å². The van der Waals surface area contributed by atoms with Gasteiger partial charge in [0.05, 0.1) is 30.8 Å². The van der Waals surface area contributed by atoms with Gasteiger partial charge in [0.25, 0.3) is 5.91 Å². The maximum atomic E-state index is 13.0. The monoisotopic (exact) mass is 482 g/mol. The lowest BCUT2D eigenvalue weighted by Crippen LogP contribution is -2.19. The number of hydrogen-bond acceptors (Lipinski definition) is 6. The second kappa shape index (κ2) is 8.90. The summed E-state index contributed by atoms with van der Waals surface area (Å²) in [5, 5.41) is 6.86. The van der Waals surface area contributed by atoms with E-state index in [4.69, 9.17) is 4.74 Å². The number of amides is 1. The van der Waals surface area contributed by atoms with Crippen LogP contribution in [0.5, 0.6) is 5.75 Å². The number of pyridine rings is 1. The molecular weight excluding hydrogens is 461 g/mol. The van der Waals surface area contributed by atoms with Crippen molar-refractivity contribution in [2.24, 2.45) is 0 Å². The molecular formula is C24H21F3N6O2. The van der Waals surface area contributed by atoms with Gasteiger partial charge in [0, 0.05) is 43.2 Å². The van der Waals surface area contributed by atoms with E-state index in [1.807, 2.05) is 12.3 Å². The average Bonchev–Trinajstić information content (AvgIpc) is 3.50. The van der Waals surface area contributed by atoms with Crippen LogP contribution < -0.4 is 15.0 Å². The maximum absolute atomic E-state index is 13.0. The fraction of sp³-hybridized carbons (Fsp3) is 0.250. The van der Waals surface area contributed by atoms with Gasteiger partial charge >= 0.3 is 6.18 Å². The summed E-state index contributed by atoms with van der Waals surface area (Å²) in [5.41, 5.74) is 1.90. The van der Waals surface area contributed by atoms with Gasteiger partial charge in [-0.05, 0) is 42.3 Å². The van der Waals surface area contributed by atoms with Crippen LogP contribution in [0.15, 0.2) is 61.3 Å². The highest BCUT2D eigenvalue weighted by Gasteiger charge is 2.32. The molecule has 1 fully saturated rings. The summed E-state index contributed by atoms with van der Waals surface area (Å²) in [4.78, 5) is 23.1. The Morgan fingerprint density at radius 2 is 2.06 bits per heavy atom. The number of fused-ring (bicyclic) bond motifs is 1. The summed E-state index contributed by atoms with van der Waals surface area (Å²) in [6.45, 7) is 1.45. The van der Waals surface area contributed by atoms with Crippen molar-refractivity contribution < 1.29 is 22.7 Å². The maximum Gasteiger partial charge on any atom is 0.417 e. The van der Waals surface area contributed by atoms with Crippen LogP contribution in [0.25, 0.3) is 5.65 Å². The SMILES string of the molecule is COc1ccc(C(=O)Nc2cncc(C(F)(F)F)c2)cc1C1CCN(c2cnn3cccnc23)C1. The first-order valence-electron chi connectivity index (χ1n) is 10.9. The smallest absolute Gasteiger partial charge is 0.417 e. The molecule has 35 heavy (non-hydrogen) atoms. The Bertz CT molecular complexity index is 1390. The molecule has 0 aliphatic carbocycles. The molecule has 0 saturated carbocycles. The normalized spacial score (nSPS) is 16.0. The minimum atomic E-state index is -4.55. The van der Waals surface area contributed by atoms with Gasteiger partial charge in [0.1, 0.15) is 11.4 Å². The van der Waals surface area contributed by atoms with Crippen LogP contribution in [0, 0.1) is 0 Å². The molecule has 1 aliphatic rings. The number of carbonyl (C=O) groups excluding carboxylic acids is 1. The Balaban J connectivity index is 1.37. The molecule has 1 unspecified atom stereocenters. The molecule has 0 bridgehead atoms. The van der Waals surface area contributed by atoms with Crippen molar-refractivity contribution >= 4 is 22.9 Å². The van der Waals surface area contributed by atoms with E-state index in [1.54, 1.807) is 42.2 Å². The highest BCUT2D eigenvalue weighted by atomic mass is 19.4. The van der Waals surface area contributed by atoms with E-state index >= 15 is 0 Å². The fourth-order valence-corrected chi connectivity index (χ4v) is 4.33. The van der Waals surface area contributed by atoms with E-state index in [-0.39, 0.29) is 11.6 Å². The third-order valence-corrected chi connectivity index (χ3v) is 6.04. The largest absolute Gasteiger partial charge is 0.496 e. The Morgan fingerprint density at radius 3 is 2.86 bits per heavy atom. The van der Waals surface area contributed by atoms with Gasteiger partial charge in [-0.3, -0.25) is 9.78 Å². The van der Waals surface area contributed by atoms with Crippen LogP contribution in [-0.2, 0) is 6.18 Å². The third kappa shape index (κ3) is 4.48. The minimum Gasteiger partial charge on any atom is -0.496 e. The first kappa shape index (κ1) is 22.6. The zero-order valence-corrected chi connectivity index (χ0v) is 18.7. The Morgan fingerprint density at radius 1 is 1.20 bits per heavy atom. The molecule has 4 heterocycles. The third-order valence-electron chi connectivity index (χ3n) is 6.04. The van der Waals surface area contributed by atoms with E-state index in [0.717, 1.165) is 35.9 Å². The first-order chi connectivity index (χ1) is 16.8. The molecule has 0 radical (unpaired) electrons. The molecule has 0 spiro atoms. The number of methoxy groups -OCH3 is 1. The number of anilines is 2. The van der Waals surface area contributed by atoms with Crippen LogP contribution in [-0.4, -0.2) is 45.7 Å². The first-order valence-corrected chi connectivity index (χ1v) is 10.9. The van der Waals surface area contributed by atoms with Crippen molar-refractivity contribution in [3.05, 3.63) is 78.0 Å². The Labute approximate surface area is 198 Å². The number of nitrogens with one attached hydrogen (secondary N) is 1. The molecule has 1 N–H and O–H groups in total. The zero-order valence-electron chi connectivity index (χ0n) is 18.7. The van der Waals surface area contributed by atoms with Crippen molar-refractivity contribution in [1.29, 1.82) is 0 Å². The predicted octanol–water partition coefficient (Wildman–Crippen LogP) is 4.40. The van der Waals surface area contributed by atoms with Crippen molar-refractivity contribution in [3.8, 4) is 5.75 Å². The lowest BCUT2D eigenvalue weighted by Gasteiger charge is -2.19. The van der Waals surface area contributed by atoms with Gasteiger partial charge in [-0.25, -0.2) is 9.50 Å². The van der Waals surface area contributed by atoms with Crippen molar-refractivity contribution in [3.63, 3.8) is 0 Å². The zero-order chi connectivity index (χ0) is 24.6. The molecule has 3 aromatic heterocycles. The van der Waals surface area contributed by atoms with Crippen LogP contribution in [0.1, 0.15) is 33.8 Å². The second-order valence-electron chi connectivity index (χ2n) is 8.22. The summed E-state index contributed by atoms with van der Waals surface area (Å²) >= 11 is 0. The quantitative estimate of drug-likeness (QED) is 0.454. The number of hydrogen-bond donors (Lipinski definition) is 1. The molecule has 1 atom stereocenters. The molecule has 1 aromatic carbocycles. The standard InChI is InChI=1S/C24H21F3N6O2/c1-35-21-4-3-15(23(34)31-18-10-17(11-28-12-18)24(25,26)27)9-19(21)16-5-8-32(14-16)20-13-30-33-7-2-6-29-22(20)33/h2-4,6-7,9-13,16H,5,8,14H2,1H3,(H,31,34). The van der Waals surface area contributed by atoms with E-state index < -0.39 is 17.6 Å². The molecule has 8 nitrogen and oxygen atoms in total. The second-order valence-corrected chi connectivity index (χ2v) is 8.22. The number of alkyl halides is 3. The number of rotatable bonds is 5. The van der Waals surface area contributed by atoms with Crippen molar-refractivity contribution in [2.45, 2.75) is 18.5 Å². The molecule has 1 aliphatic heterocycles. The predicted molar refractivity (Wildman–Crippen MR) is 123 cm³/mol. The van der Waals surface area contributed by atoms with Crippen LogP contribution in [0.4, 0.5) is 24.5 Å². The number of aromatic nitrogens is 4. The molecule has 4 aromatic rings. The number of nitrogens with zero attached hydrogens (tertiary/aromatic N) is 5. The van der Waals surface area contributed by atoms with E-state index in [2.05, 4.69) is 25.3 Å². The summed E-state index contributed by atoms with van der Waals surface area (Å²) in [6.07, 6.45) is 3.51. The number of benzene rings is 1. The summed E-state index contributed by atoms with van der Waals surface area (Å²) in [7, 11) is 1.56. The number of halogens is 3.